The molecule has 0 bridgehead atoms. The number of rotatable bonds is 4. The Morgan fingerprint density at radius 1 is 1.08 bits per heavy atom. The lowest BCUT2D eigenvalue weighted by Gasteiger charge is -2.06. The first-order chi connectivity index (χ1) is 12.0. The number of nitrogen functional groups attached to an aromatic ring is 1. The van der Waals surface area contributed by atoms with E-state index in [1.807, 2.05) is 13.8 Å². The lowest BCUT2D eigenvalue weighted by molar-refractivity contribution is 0.0600. The fourth-order valence-corrected chi connectivity index (χ4v) is 1.70. The first-order valence-corrected chi connectivity index (χ1v) is 7.80. The maximum absolute atomic E-state index is 11.1. The van der Waals surface area contributed by atoms with E-state index in [1.54, 1.807) is 56.6 Å². The molecule has 0 aliphatic heterocycles. The lowest BCUT2D eigenvalue weighted by atomic mass is 10.2. The molecule has 3 N–H and O–H groups in total. The van der Waals surface area contributed by atoms with Gasteiger partial charge in [0, 0.05) is 12.6 Å². The van der Waals surface area contributed by atoms with E-state index in [0.717, 1.165) is 17.7 Å². The van der Waals surface area contributed by atoms with Crippen LogP contribution < -0.4 is 15.8 Å². The van der Waals surface area contributed by atoms with Crippen molar-refractivity contribution in [1.29, 1.82) is 0 Å². The van der Waals surface area contributed by atoms with Crippen LogP contribution in [0.5, 0.6) is 5.75 Å². The Hall–Kier alpha value is -3.02. The highest BCUT2D eigenvalue weighted by atomic mass is 16.5. The largest absolute Gasteiger partial charge is 0.497 e. The van der Waals surface area contributed by atoms with E-state index in [2.05, 4.69) is 10.1 Å². The van der Waals surface area contributed by atoms with Crippen molar-refractivity contribution in [3.63, 3.8) is 0 Å². The van der Waals surface area contributed by atoms with Gasteiger partial charge in [0.05, 0.1) is 31.2 Å². The number of benzene rings is 2. The zero-order chi connectivity index (χ0) is 19.2. The van der Waals surface area contributed by atoms with Crippen molar-refractivity contribution >= 4 is 23.6 Å². The Labute approximate surface area is 148 Å². The summed E-state index contributed by atoms with van der Waals surface area (Å²) in [6, 6.07) is 11.9. The number of aldehydes is 1. The Morgan fingerprint density at radius 2 is 1.68 bits per heavy atom. The van der Waals surface area contributed by atoms with Gasteiger partial charge in [0.2, 0.25) is 0 Å². The number of carbonyl (C=O) groups is 2. The average molecular weight is 346 g/mol. The van der Waals surface area contributed by atoms with E-state index < -0.39 is 0 Å². The Morgan fingerprint density at radius 3 is 2.12 bits per heavy atom. The van der Waals surface area contributed by atoms with Crippen molar-refractivity contribution in [3.8, 4) is 5.75 Å². The number of anilines is 2. The van der Waals surface area contributed by atoms with Gasteiger partial charge in [-0.15, -0.1) is 0 Å². The molecule has 2 aromatic rings. The molecule has 2 aromatic carbocycles. The SMILES string of the molecule is CC.CNc1cc(C(=O)OC)ccc1N.COc1ccc(C=O)cc1. The zero-order valence-electron chi connectivity index (χ0n) is 15.3. The van der Waals surface area contributed by atoms with Gasteiger partial charge in [-0.2, -0.15) is 0 Å². The summed E-state index contributed by atoms with van der Waals surface area (Å²) in [5.74, 6) is 0.405. The molecule has 0 aromatic heterocycles. The monoisotopic (exact) mass is 346 g/mol. The minimum absolute atomic E-state index is 0.364. The van der Waals surface area contributed by atoms with E-state index in [9.17, 15) is 9.59 Å². The fraction of sp³-hybridized carbons (Fsp3) is 0.263. The van der Waals surface area contributed by atoms with Gasteiger partial charge in [-0.1, -0.05) is 13.8 Å². The summed E-state index contributed by atoms with van der Waals surface area (Å²) < 4.78 is 9.47. The molecule has 6 nitrogen and oxygen atoms in total. The summed E-state index contributed by atoms with van der Waals surface area (Å²) in [6.07, 6.45) is 0.805. The molecule has 136 valence electrons. The van der Waals surface area contributed by atoms with Gasteiger partial charge in [0.25, 0.3) is 0 Å². The summed E-state index contributed by atoms with van der Waals surface area (Å²) in [6.45, 7) is 4.00. The van der Waals surface area contributed by atoms with Crippen LogP contribution in [0.15, 0.2) is 42.5 Å². The van der Waals surface area contributed by atoms with Crippen LogP contribution in [0.4, 0.5) is 11.4 Å². The number of nitrogens with one attached hydrogen (secondary N) is 1. The van der Waals surface area contributed by atoms with E-state index in [4.69, 9.17) is 10.5 Å². The molecule has 2 rings (SSSR count). The van der Waals surface area contributed by atoms with Crippen LogP contribution in [0.25, 0.3) is 0 Å². The molecule has 0 radical (unpaired) electrons. The minimum atomic E-state index is -0.364. The average Bonchev–Trinajstić information content (AvgIpc) is 2.69. The molecular formula is C19H26N2O4. The van der Waals surface area contributed by atoms with Gasteiger partial charge >= 0.3 is 5.97 Å². The van der Waals surface area contributed by atoms with E-state index >= 15 is 0 Å². The van der Waals surface area contributed by atoms with Gasteiger partial charge < -0.3 is 20.5 Å². The van der Waals surface area contributed by atoms with Crippen molar-refractivity contribution in [1.82, 2.24) is 0 Å². The molecule has 0 fully saturated rings. The molecule has 0 unspecified atom stereocenters. The van der Waals surface area contributed by atoms with E-state index in [0.29, 0.717) is 16.8 Å². The second-order valence-electron chi connectivity index (χ2n) is 4.43. The summed E-state index contributed by atoms with van der Waals surface area (Å²) in [5.41, 5.74) is 8.11. The quantitative estimate of drug-likeness (QED) is 0.499. The molecule has 0 saturated carbocycles. The number of methoxy groups -OCH3 is 2. The van der Waals surface area contributed by atoms with Crippen LogP contribution >= 0.6 is 0 Å². The number of hydrogen-bond donors (Lipinski definition) is 2. The van der Waals surface area contributed by atoms with Crippen LogP contribution in [-0.4, -0.2) is 33.5 Å². The van der Waals surface area contributed by atoms with Gasteiger partial charge in [-0.3, -0.25) is 4.79 Å². The lowest BCUT2D eigenvalue weighted by Crippen LogP contribution is -2.03. The number of ether oxygens (including phenoxy) is 2. The Kier molecular flexibility index (Phi) is 10.9. The molecular weight excluding hydrogens is 320 g/mol. The number of nitrogens with two attached hydrogens (primary N) is 1. The first kappa shape index (κ1) is 22.0. The minimum Gasteiger partial charge on any atom is -0.497 e. The summed E-state index contributed by atoms with van der Waals surface area (Å²) in [7, 11) is 4.68. The van der Waals surface area contributed by atoms with E-state index in [-0.39, 0.29) is 5.97 Å². The molecule has 0 atom stereocenters. The second-order valence-corrected chi connectivity index (χ2v) is 4.43. The molecule has 0 heterocycles. The molecule has 6 heteroatoms. The van der Waals surface area contributed by atoms with Crippen molar-refractivity contribution in [3.05, 3.63) is 53.6 Å². The first-order valence-electron chi connectivity index (χ1n) is 7.80. The van der Waals surface area contributed by atoms with Gasteiger partial charge in [-0.05, 0) is 42.5 Å². The molecule has 0 saturated heterocycles. The predicted molar refractivity (Wildman–Crippen MR) is 101 cm³/mol. The predicted octanol–water partition coefficient (Wildman–Crippen LogP) is 3.63. The van der Waals surface area contributed by atoms with Crippen molar-refractivity contribution in [2.75, 3.05) is 32.3 Å². The molecule has 0 amide bonds. The van der Waals surface area contributed by atoms with Crippen LogP contribution in [-0.2, 0) is 4.74 Å². The smallest absolute Gasteiger partial charge is 0.337 e. The number of esters is 1. The van der Waals surface area contributed by atoms with Crippen LogP contribution in [0.1, 0.15) is 34.6 Å². The number of carbonyl (C=O) groups excluding carboxylic acids is 2. The van der Waals surface area contributed by atoms with Crippen molar-refractivity contribution in [2.24, 2.45) is 0 Å². The summed E-state index contributed by atoms with van der Waals surface area (Å²) >= 11 is 0. The van der Waals surface area contributed by atoms with E-state index in [1.165, 1.54) is 7.11 Å². The second kappa shape index (κ2) is 12.4. The topological polar surface area (TPSA) is 90.7 Å². The van der Waals surface area contributed by atoms with Crippen molar-refractivity contribution in [2.45, 2.75) is 13.8 Å². The Bertz CT molecular complexity index is 655. The normalized spacial score (nSPS) is 8.68. The Balaban J connectivity index is 0.000000430. The maximum Gasteiger partial charge on any atom is 0.337 e. The van der Waals surface area contributed by atoms with Gasteiger partial charge in [-0.25, -0.2) is 4.79 Å². The third-order valence-electron chi connectivity index (χ3n) is 3.00. The summed E-state index contributed by atoms with van der Waals surface area (Å²) in [4.78, 5) is 21.3. The standard InChI is InChI=1S/C9H12N2O2.C8H8O2.C2H6/c1-11-8-5-6(9(12)13-2)3-4-7(8)10;1-10-8-4-2-7(6-9)3-5-8;1-2/h3-5,11H,10H2,1-2H3;2-6H,1H3;1-2H3. The fourth-order valence-electron chi connectivity index (χ4n) is 1.70. The zero-order valence-corrected chi connectivity index (χ0v) is 15.3. The van der Waals surface area contributed by atoms with Crippen LogP contribution in [0, 0.1) is 0 Å². The highest BCUT2D eigenvalue weighted by Crippen LogP contribution is 2.19. The van der Waals surface area contributed by atoms with Crippen LogP contribution in [0.2, 0.25) is 0 Å². The molecule has 25 heavy (non-hydrogen) atoms. The highest BCUT2D eigenvalue weighted by Gasteiger charge is 2.06. The van der Waals surface area contributed by atoms with Crippen molar-refractivity contribution < 1.29 is 19.1 Å². The third-order valence-corrected chi connectivity index (χ3v) is 3.00. The molecule has 0 aliphatic carbocycles. The maximum atomic E-state index is 11.1. The molecule has 0 aliphatic rings. The number of hydrogen-bond acceptors (Lipinski definition) is 6. The van der Waals surface area contributed by atoms with Gasteiger partial charge in [0.15, 0.2) is 0 Å². The third kappa shape index (κ3) is 7.39. The van der Waals surface area contributed by atoms with Gasteiger partial charge in [0.1, 0.15) is 12.0 Å². The molecule has 0 spiro atoms. The summed E-state index contributed by atoms with van der Waals surface area (Å²) in [5, 5.41) is 2.88. The van der Waals surface area contributed by atoms with Crippen LogP contribution in [0.3, 0.4) is 0 Å². The highest BCUT2D eigenvalue weighted by molar-refractivity contribution is 5.91.